The van der Waals surface area contributed by atoms with Crippen LogP contribution >= 0.6 is 0 Å². The molecule has 1 aromatic rings. The number of hydrogen-bond acceptors (Lipinski definition) is 4. The van der Waals surface area contributed by atoms with E-state index in [2.05, 4.69) is 5.32 Å². The molecule has 0 aromatic heterocycles. The monoisotopic (exact) mass is 285 g/mol. The molecule has 1 aliphatic rings. The van der Waals surface area contributed by atoms with Gasteiger partial charge in [-0.05, 0) is 18.6 Å². The molecule has 1 atom stereocenters. The molecule has 0 radical (unpaired) electrons. The Bertz CT molecular complexity index is 626. The van der Waals surface area contributed by atoms with Crippen LogP contribution in [0, 0.1) is 11.7 Å². The first kappa shape index (κ1) is 13.7. The van der Waals surface area contributed by atoms with Crippen molar-refractivity contribution in [2.24, 2.45) is 5.92 Å². The largest absolute Gasteiger partial charge is 0.296 e. The van der Waals surface area contributed by atoms with E-state index in [1.54, 1.807) is 0 Å². The smallest absolute Gasteiger partial charge is 0.230 e. The predicted molar refractivity (Wildman–Crippen MR) is 64.3 cm³/mol. The van der Waals surface area contributed by atoms with Gasteiger partial charge in [0.25, 0.3) is 0 Å². The van der Waals surface area contributed by atoms with Gasteiger partial charge in [-0.3, -0.25) is 14.9 Å². The molecular formula is C12H12FNO4S. The second-order valence-corrected chi connectivity index (χ2v) is 6.36. The van der Waals surface area contributed by atoms with E-state index in [1.165, 1.54) is 12.1 Å². The van der Waals surface area contributed by atoms with Crippen LogP contribution in [0.2, 0.25) is 0 Å². The van der Waals surface area contributed by atoms with E-state index in [1.807, 2.05) is 0 Å². The molecule has 1 fully saturated rings. The molecular weight excluding hydrogens is 273 g/mol. The van der Waals surface area contributed by atoms with Crippen LogP contribution in [0.3, 0.4) is 0 Å². The summed E-state index contributed by atoms with van der Waals surface area (Å²) in [4.78, 5) is 22.1. The third-order valence-electron chi connectivity index (χ3n) is 2.95. The van der Waals surface area contributed by atoms with Gasteiger partial charge in [-0.2, -0.15) is 0 Å². The topological polar surface area (TPSA) is 80.3 Å². The first-order chi connectivity index (χ1) is 8.90. The Morgan fingerprint density at radius 2 is 1.95 bits per heavy atom. The molecule has 1 unspecified atom stereocenters. The van der Waals surface area contributed by atoms with Crippen LogP contribution in [0.25, 0.3) is 0 Å². The lowest BCUT2D eigenvalue weighted by atomic mass is 10.0. The Kier molecular flexibility index (Phi) is 3.66. The van der Waals surface area contributed by atoms with Gasteiger partial charge in [0.1, 0.15) is 10.7 Å². The molecule has 1 N–H and O–H groups in total. The van der Waals surface area contributed by atoms with E-state index in [4.69, 9.17) is 0 Å². The number of halogens is 1. The van der Waals surface area contributed by atoms with Gasteiger partial charge >= 0.3 is 0 Å². The minimum absolute atomic E-state index is 0.100. The summed E-state index contributed by atoms with van der Waals surface area (Å²) >= 11 is 0. The lowest BCUT2D eigenvalue weighted by Crippen LogP contribution is -2.43. The maximum absolute atomic E-state index is 13.5. The summed E-state index contributed by atoms with van der Waals surface area (Å²) in [5, 5.41) is 2.08. The van der Waals surface area contributed by atoms with Crippen LogP contribution in [-0.4, -0.2) is 26.0 Å². The molecule has 1 saturated heterocycles. The van der Waals surface area contributed by atoms with E-state index >= 15 is 0 Å². The minimum Gasteiger partial charge on any atom is -0.296 e. The van der Waals surface area contributed by atoms with Crippen molar-refractivity contribution in [3.63, 3.8) is 0 Å². The molecule has 0 aliphatic carbocycles. The Labute approximate surface area is 109 Å². The molecule has 0 spiro atoms. The zero-order valence-electron chi connectivity index (χ0n) is 9.93. The fraction of sp³-hybridized carbons (Fsp3) is 0.333. The maximum atomic E-state index is 13.5. The average Bonchev–Trinajstić information content (AvgIpc) is 2.33. The third kappa shape index (κ3) is 2.98. The van der Waals surface area contributed by atoms with Crippen molar-refractivity contribution in [3.05, 3.63) is 30.1 Å². The lowest BCUT2D eigenvalue weighted by molar-refractivity contribution is -0.135. The Balaban J connectivity index is 2.21. The number of piperidine rings is 1. The van der Waals surface area contributed by atoms with Crippen LogP contribution in [0.1, 0.15) is 12.8 Å². The van der Waals surface area contributed by atoms with Gasteiger partial charge in [-0.1, -0.05) is 12.1 Å². The fourth-order valence-corrected chi connectivity index (χ4v) is 3.63. The summed E-state index contributed by atoms with van der Waals surface area (Å²) in [5.41, 5.74) is 0. The van der Waals surface area contributed by atoms with Gasteiger partial charge < -0.3 is 0 Å². The standard InChI is InChI=1S/C12H12FNO4S/c13-9-3-1-2-4-10(9)19(17,18)7-8-5-6-11(15)14-12(8)16/h1-4,8H,5-7H2,(H,14,15,16). The fourth-order valence-electron chi connectivity index (χ4n) is 1.95. The quantitative estimate of drug-likeness (QED) is 0.827. The number of amides is 2. The normalized spacial score (nSPS) is 20.2. The van der Waals surface area contributed by atoms with Gasteiger partial charge in [-0.15, -0.1) is 0 Å². The summed E-state index contributed by atoms with van der Waals surface area (Å²) in [6, 6.07) is 5.02. The van der Waals surface area contributed by atoms with Gasteiger partial charge in [-0.25, -0.2) is 12.8 Å². The van der Waals surface area contributed by atoms with Crippen LogP contribution in [0.4, 0.5) is 4.39 Å². The zero-order chi connectivity index (χ0) is 14.0. The average molecular weight is 285 g/mol. The van der Waals surface area contributed by atoms with E-state index < -0.39 is 44.0 Å². The van der Waals surface area contributed by atoms with Crippen molar-refractivity contribution in [1.82, 2.24) is 5.32 Å². The maximum Gasteiger partial charge on any atom is 0.230 e. The number of benzene rings is 1. The highest BCUT2D eigenvalue weighted by atomic mass is 32.2. The van der Waals surface area contributed by atoms with Gasteiger partial charge in [0.15, 0.2) is 9.84 Å². The highest BCUT2D eigenvalue weighted by Gasteiger charge is 2.32. The predicted octanol–water partition coefficient (Wildman–Crippen LogP) is 0.652. The van der Waals surface area contributed by atoms with Crippen molar-refractivity contribution >= 4 is 21.7 Å². The Morgan fingerprint density at radius 1 is 1.26 bits per heavy atom. The van der Waals surface area contributed by atoms with E-state index in [9.17, 15) is 22.4 Å². The Morgan fingerprint density at radius 3 is 2.58 bits per heavy atom. The van der Waals surface area contributed by atoms with E-state index in [0.717, 1.165) is 12.1 Å². The second-order valence-electron chi connectivity index (χ2n) is 4.36. The molecule has 102 valence electrons. The first-order valence-electron chi connectivity index (χ1n) is 5.71. The summed E-state index contributed by atoms with van der Waals surface area (Å²) in [6.07, 6.45) is 0.265. The van der Waals surface area contributed by atoms with E-state index in [0.29, 0.717) is 0 Å². The summed E-state index contributed by atoms with van der Waals surface area (Å²) < 4.78 is 37.6. The molecule has 19 heavy (non-hydrogen) atoms. The van der Waals surface area contributed by atoms with Crippen molar-refractivity contribution in [1.29, 1.82) is 0 Å². The van der Waals surface area contributed by atoms with Crippen LogP contribution in [-0.2, 0) is 19.4 Å². The highest BCUT2D eigenvalue weighted by molar-refractivity contribution is 7.91. The number of nitrogens with one attached hydrogen (secondary N) is 1. The molecule has 0 saturated carbocycles. The molecule has 7 heteroatoms. The number of sulfone groups is 1. The third-order valence-corrected chi connectivity index (χ3v) is 4.79. The second kappa shape index (κ2) is 5.08. The molecule has 2 rings (SSSR count). The van der Waals surface area contributed by atoms with Gasteiger partial charge in [0.05, 0.1) is 11.7 Å². The molecule has 1 heterocycles. The summed E-state index contributed by atoms with van der Waals surface area (Å²) in [5.74, 6) is -3.18. The van der Waals surface area contributed by atoms with Crippen LogP contribution in [0.15, 0.2) is 29.2 Å². The summed E-state index contributed by atoms with van der Waals surface area (Å²) in [6.45, 7) is 0. The molecule has 0 bridgehead atoms. The minimum atomic E-state index is -3.89. The number of carbonyl (C=O) groups is 2. The van der Waals surface area contributed by atoms with Crippen molar-refractivity contribution in [2.45, 2.75) is 17.7 Å². The highest BCUT2D eigenvalue weighted by Crippen LogP contribution is 2.21. The van der Waals surface area contributed by atoms with E-state index in [-0.39, 0.29) is 12.8 Å². The number of carbonyl (C=O) groups excluding carboxylic acids is 2. The van der Waals surface area contributed by atoms with Crippen molar-refractivity contribution in [3.8, 4) is 0 Å². The zero-order valence-corrected chi connectivity index (χ0v) is 10.7. The number of rotatable bonds is 3. The lowest BCUT2D eigenvalue weighted by Gasteiger charge is -2.20. The molecule has 1 aromatic carbocycles. The molecule has 1 aliphatic heterocycles. The van der Waals surface area contributed by atoms with Crippen molar-refractivity contribution < 1.29 is 22.4 Å². The van der Waals surface area contributed by atoms with Crippen LogP contribution in [0.5, 0.6) is 0 Å². The summed E-state index contributed by atoms with van der Waals surface area (Å²) in [7, 11) is -3.89. The molecule has 2 amide bonds. The number of hydrogen-bond donors (Lipinski definition) is 1. The molecule has 5 nitrogen and oxygen atoms in total. The van der Waals surface area contributed by atoms with Gasteiger partial charge in [0, 0.05) is 6.42 Å². The van der Waals surface area contributed by atoms with Crippen LogP contribution < -0.4 is 5.32 Å². The first-order valence-corrected chi connectivity index (χ1v) is 7.36. The number of imide groups is 1. The SMILES string of the molecule is O=C1CCC(CS(=O)(=O)c2ccccc2F)C(=O)N1. The van der Waals surface area contributed by atoms with Gasteiger partial charge in [0.2, 0.25) is 11.8 Å². The van der Waals surface area contributed by atoms with Crippen molar-refractivity contribution in [2.75, 3.05) is 5.75 Å². The Hall–Kier alpha value is -1.76.